The first-order valence-corrected chi connectivity index (χ1v) is 12.0. The molecule has 0 atom stereocenters. The molecule has 2 heteroatoms. The van der Waals surface area contributed by atoms with Crippen LogP contribution in [0, 0.1) is 0 Å². The molecule has 0 aliphatic carbocycles. The van der Waals surface area contributed by atoms with E-state index in [4.69, 9.17) is 17.3 Å². The molecule has 25 heavy (non-hydrogen) atoms. The molecular formula is C23H48ClN. The van der Waals surface area contributed by atoms with Crippen molar-refractivity contribution in [1.29, 1.82) is 0 Å². The Hall–Kier alpha value is 0.250. The van der Waals surface area contributed by atoms with Gasteiger partial charge in [-0.3, -0.25) is 0 Å². The van der Waals surface area contributed by atoms with Crippen molar-refractivity contribution >= 4 is 11.6 Å². The first kappa shape index (κ1) is 25.2. The van der Waals surface area contributed by atoms with Crippen LogP contribution in [-0.2, 0) is 0 Å². The average Bonchev–Trinajstić information content (AvgIpc) is 2.60. The Labute approximate surface area is 164 Å². The highest BCUT2D eigenvalue weighted by molar-refractivity contribution is 6.23. The number of hydrogen-bond acceptors (Lipinski definition) is 1. The maximum absolute atomic E-state index is 6.92. The molecule has 0 bridgehead atoms. The van der Waals surface area contributed by atoms with Crippen LogP contribution in [0.3, 0.4) is 0 Å². The summed E-state index contributed by atoms with van der Waals surface area (Å²) in [5.41, 5.74) is 5.83. The maximum atomic E-state index is 6.92. The van der Waals surface area contributed by atoms with Crippen LogP contribution in [-0.4, -0.2) is 11.4 Å². The van der Waals surface area contributed by atoms with Gasteiger partial charge in [0.05, 0.1) is 0 Å². The molecule has 0 fully saturated rings. The molecule has 2 N–H and O–H groups in total. The van der Waals surface area contributed by atoms with Crippen LogP contribution in [0.4, 0.5) is 0 Å². The summed E-state index contributed by atoms with van der Waals surface area (Å²) in [6.07, 6.45) is 25.3. The van der Waals surface area contributed by atoms with Crippen LogP contribution >= 0.6 is 11.6 Å². The molecule has 0 heterocycles. The number of hydrogen-bond donors (Lipinski definition) is 1. The fourth-order valence-corrected chi connectivity index (χ4v) is 4.16. The highest BCUT2D eigenvalue weighted by Crippen LogP contribution is 2.33. The minimum Gasteiger partial charge on any atom is -0.330 e. The SMILES string of the molecule is CCCCCCCCCCC(Cl)(CCN)CCCCCCCCCC. The predicted molar refractivity (Wildman–Crippen MR) is 117 cm³/mol. The van der Waals surface area contributed by atoms with E-state index in [2.05, 4.69) is 13.8 Å². The van der Waals surface area contributed by atoms with E-state index < -0.39 is 0 Å². The minimum atomic E-state index is -0.0147. The number of halogens is 1. The molecule has 0 amide bonds. The molecule has 0 rings (SSSR count). The maximum Gasteiger partial charge on any atom is 0.0458 e. The van der Waals surface area contributed by atoms with Gasteiger partial charge in [0.2, 0.25) is 0 Å². The summed E-state index contributed by atoms with van der Waals surface area (Å²) in [6.45, 7) is 5.30. The van der Waals surface area contributed by atoms with Crippen molar-refractivity contribution in [2.24, 2.45) is 5.73 Å². The Morgan fingerprint density at radius 2 is 0.840 bits per heavy atom. The minimum absolute atomic E-state index is 0.0147. The topological polar surface area (TPSA) is 26.0 Å². The molecule has 0 unspecified atom stereocenters. The number of nitrogens with two attached hydrogens (primary N) is 1. The smallest absolute Gasteiger partial charge is 0.0458 e. The Morgan fingerprint density at radius 1 is 0.520 bits per heavy atom. The van der Waals surface area contributed by atoms with Crippen LogP contribution in [0.1, 0.15) is 136 Å². The van der Waals surface area contributed by atoms with Crippen molar-refractivity contribution < 1.29 is 0 Å². The van der Waals surface area contributed by atoms with E-state index in [1.807, 2.05) is 0 Å². The van der Waals surface area contributed by atoms with Gasteiger partial charge in [0.15, 0.2) is 0 Å². The van der Waals surface area contributed by atoms with E-state index in [-0.39, 0.29) is 4.87 Å². The first-order valence-electron chi connectivity index (χ1n) is 11.6. The lowest BCUT2D eigenvalue weighted by molar-refractivity contribution is 0.414. The molecule has 0 aromatic heterocycles. The highest BCUT2D eigenvalue weighted by atomic mass is 35.5. The molecule has 1 nitrogen and oxygen atoms in total. The second kappa shape index (κ2) is 19.0. The lowest BCUT2D eigenvalue weighted by Gasteiger charge is -2.27. The molecule has 0 spiro atoms. The van der Waals surface area contributed by atoms with E-state index >= 15 is 0 Å². The zero-order chi connectivity index (χ0) is 18.6. The van der Waals surface area contributed by atoms with Gasteiger partial charge in [0, 0.05) is 4.87 Å². The lowest BCUT2D eigenvalue weighted by atomic mass is 9.90. The van der Waals surface area contributed by atoms with E-state index in [9.17, 15) is 0 Å². The molecule has 0 saturated heterocycles. The highest BCUT2D eigenvalue weighted by Gasteiger charge is 2.25. The van der Waals surface area contributed by atoms with Gasteiger partial charge in [-0.25, -0.2) is 0 Å². The third kappa shape index (κ3) is 17.4. The molecule has 0 aliphatic heterocycles. The predicted octanol–water partition coefficient (Wildman–Crippen LogP) is 8.37. The zero-order valence-corrected chi connectivity index (χ0v) is 18.4. The van der Waals surface area contributed by atoms with Crippen LogP contribution in [0.2, 0.25) is 0 Å². The average molecular weight is 374 g/mol. The Bertz CT molecular complexity index is 234. The van der Waals surface area contributed by atoms with E-state index in [1.54, 1.807) is 0 Å². The van der Waals surface area contributed by atoms with E-state index in [1.165, 1.54) is 103 Å². The van der Waals surface area contributed by atoms with E-state index in [0.717, 1.165) is 25.8 Å². The standard InChI is InChI=1S/C23H48ClN/c1-3-5-7-9-11-13-15-17-19-23(24,21-22-25)20-18-16-14-12-10-8-6-4-2/h3-22,25H2,1-2H3. The quantitative estimate of drug-likeness (QED) is 0.168. The molecule has 0 radical (unpaired) electrons. The summed E-state index contributed by atoms with van der Waals surface area (Å²) in [6, 6.07) is 0. The van der Waals surface area contributed by atoms with Crippen molar-refractivity contribution in [2.45, 2.75) is 141 Å². The Kier molecular flexibility index (Phi) is 19.2. The summed E-state index contributed by atoms with van der Waals surface area (Å²) in [5, 5.41) is 0. The van der Waals surface area contributed by atoms with Crippen LogP contribution in [0.25, 0.3) is 0 Å². The van der Waals surface area contributed by atoms with Gasteiger partial charge in [0.1, 0.15) is 0 Å². The zero-order valence-electron chi connectivity index (χ0n) is 17.6. The van der Waals surface area contributed by atoms with E-state index in [0.29, 0.717) is 0 Å². The number of unbranched alkanes of at least 4 members (excludes halogenated alkanes) is 14. The van der Waals surface area contributed by atoms with Gasteiger partial charge in [-0.1, -0.05) is 117 Å². The first-order chi connectivity index (χ1) is 12.2. The molecular weight excluding hydrogens is 326 g/mol. The molecule has 0 saturated carbocycles. The molecule has 152 valence electrons. The van der Waals surface area contributed by atoms with Crippen LogP contribution in [0.5, 0.6) is 0 Å². The van der Waals surface area contributed by atoms with Gasteiger partial charge in [-0.2, -0.15) is 0 Å². The van der Waals surface area contributed by atoms with Crippen molar-refractivity contribution in [3.63, 3.8) is 0 Å². The van der Waals surface area contributed by atoms with Gasteiger partial charge >= 0.3 is 0 Å². The Balaban J connectivity index is 3.66. The number of rotatable bonds is 20. The summed E-state index contributed by atoms with van der Waals surface area (Å²) >= 11 is 6.92. The third-order valence-corrected chi connectivity index (χ3v) is 6.12. The van der Waals surface area contributed by atoms with Crippen molar-refractivity contribution in [2.75, 3.05) is 6.54 Å². The van der Waals surface area contributed by atoms with Crippen molar-refractivity contribution in [1.82, 2.24) is 0 Å². The van der Waals surface area contributed by atoms with Crippen LogP contribution < -0.4 is 5.73 Å². The molecule has 0 aromatic carbocycles. The van der Waals surface area contributed by atoms with Crippen molar-refractivity contribution in [3.05, 3.63) is 0 Å². The third-order valence-electron chi connectivity index (χ3n) is 5.55. The fourth-order valence-electron chi connectivity index (χ4n) is 3.79. The summed E-state index contributed by atoms with van der Waals surface area (Å²) < 4.78 is 0. The van der Waals surface area contributed by atoms with Gasteiger partial charge < -0.3 is 5.73 Å². The number of alkyl halides is 1. The summed E-state index contributed by atoms with van der Waals surface area (Å²) in [7, 11) is 0. The second-order valence-corrected chi connectivity index (χ2v) is 8.94. The monoisotopic (exact) mass is 373 g/mol. The van der Waals surface area contributed by atoms with Gasteiger partial charge in [-0.05, 0) is 25.8 Å². The second-order valence-electron chi connectivity index (χ2n) is 8.14. The summed E-state index contributed by atoms with van der Waals surface area (Å²) in [5.74, 6) is 0. The van der Waals surface area contributed by atoms with Crippen LogP contribution in [0.15, 0.2) is 0 Å². The fraction of sp³-hybridized carbons (Fsp3) is 1.00. The summed E-state index contributed by atoms with van der Waals surface area (Å²) in [4.78, 5) is -0.0147. The Morgan fingerprint density at radius 3 is 1.16 bits per heavy atom. The van der Waals surface area contributed by atoms with Gasteiger partial charge in [0.25, 0.3) is 0 Å². The molecule has 0 aliphatic rings. The van der Waals surface area contributed by atoms with Gasteiger partial charge in [-0.15, -0.1) is 11.6 Å². The van der Waals surface area contributed by atoms with Crippen molar-refractivity contribution in [3.8, 4) is 0 Å². The largest absolute Gasteiger partial charge is 0.330 e. The lowest BCUT2D eigenvalue weighted by Crippen LogP contribution is -2.25. The normalized spacial score (nSPS) is 12.0. The molecule has 0 aromatic rings.